The van der Waals surface area contributed by atoms with Gasteiger partial charge in [0.1, 0.15) is 5.75 Å². The monoisotopic (exact) mass is 266 g/mol. The Kier molecular flexibility index (Phi) is 2.27. The van der Waals surface area contributed by atoms with Gasteiger partial charge in [0.05, 0.1) is 6.04 Å². The molecule has 2 N–H and O–H groups in total. The van der Waals surface area contributed by atoms with E-state index >= 15 is 0 Å². The van der Waals surface area contributed by atoms with E-state index in [2.05, 4.69) is 10.6 Å². The molecule has 0 radical (unpaired) electrons. The third-order valence-corrected chi connectivity index (χ3v) is 3.93. The van der Waals surface area contributed by atoms with Gasteiger partial charge in [-0.1, -0.05) is 48.5 Å². The molecule has 0 aromatic heterocycles. The minimum Gasteiger partial charge on any atom is -0.463 e. The smallest absolute Gasteiger partial charge is 0.318 e. The molecule has 4 heteroatoms. The van der Waals surface area contributed by atoms with Crippen LogP contribution in [0.5, 0.6) is 5.75 Å². The van der Waals surface area contributed by atoms with Crippen molar-refractivity contribution in [2.75, 3.05) is 0 Å². The predicted octanol–water partition coefficient (Wildman–Crippen LogP) is 2.68. The Bertz CT molecular complexity index is 671. The first-order chi connectivity index (χ1) is 9.77. The Hall–Kier alpha value is -2.49. The molecule has 0 aliphatic carbocycles. The van der Waals surface area contributed by atoms with E-state index in [0.717, 1.165) is 16.9 Å². The van der Waals surface area contributed by atoms with Crippen molar-refractivity contribution in [2.24, 2.45) is 0 Å². The zero-order valence-electron chi connectivity index (χ0n) is 10.8. The number of benzene rings is 2. The first-order valence-electron chi connectivity index (χ1n) is 6.69. The number of urea groups is 1. The van der Waals surface area contributed by atoms with Crippen LogP contribution in [0.2, 0.25) is 0 Å². The average Bonchev–Trinajstić information content (AvgIpc) is 2.48. The second-order valence-corrected chi connectivity index (χ2v) is 5.19. The van der Waals surface area contributed by atoms with Crippen LogP contribution in [0.25, 0.3) is 0 Å². The van der Waals surface area contributed by atoms with Crippen LogP contribution in [0.1, 0.15) is 23.6 Å². The quantitative estimate of drug-likeness (QED) is 0.833. The van der Waals surface area contributed by atoms with Gasteiger partial charge in [0, 0.05) is 17.5 Å². The number of para-hydroxylation sites is 1. The molecule has 4 nitrogen and oxygen atoms in total. The van der Waals surface area contributed by atoms with Crippen LogP contribution in [-0.2, 0) is 5.72 Å². The highest BCUT2D eigenvalue weighted by atomic mass is 16.5. The normalized spacial score (nSPS) is 26.8. The summed E-state index contributed by atoms with van der Waals surface area (Å²) in [5, 5.41) is 5.91. The number of carbonyl (C=O) groups is 1. The molecule has 0 saturated carbocycles. The first-order valence-corrected chi connectivity index (χ1v) is 6.69. The van der Waals surface area contributed by atoms with Crippen LogP contribution >= 0.6 is 0 Å². The lowest BCUT2D eigenvalue weighted by molar-refractivity contribution is -0.00920. The summed E-state index contributed by atoms with van der Waals surface area (Å²) in [5.41, 5.74) is 1.23. The van der Waals surface area contributed by atoms with Gasteiger partial charge in [0.25, 0.3) is 0 Å². The minimum atomic E-state index is -0.775. The van der Waals surface area contributed by atoms with Crippen LogP contribution in [0, 0.1) is 0 Å². The molecule has 1 saturated heterocycles. The molecule has 2 aromatic rings. The van der Waals surface area contributed by atoms with Crippen molar-refractivity contribution in [3.63, 3.8) is 0 Å². The predicted molar refractivity (Wildman–Crippen MR) is 74.2 cm³/mol. The number of rotatable bonds is 1. The molecular weight excluding hydrogens is 252 g/mol. The molecule has 2 aliphatic rings. The number of ether oxygens (including phenoxy) is 1. The summed E-state index contributed by atoms with van der Waals surface area (Å²) in [6.07, 6.45) is 0.680. The van der Waals surface area contributed by atoms with Gasteiger partial charge in [-0.15, -0.1) is 0 Å². The maximum atomic E-state index is 12.0. The van der Waals surface area contributed by atoms with Crippen molar-refractivity contribution in [1.82, 2.24) is 10.6 Å². The van der Waals surface area contributed by atoms with E-state index in [0.29, 0.717) is 6.42 Å². The Balaban J connectivity index is 1.87. The number of hydrogen-bond acceptors (Lipinski definition) is 2. The van der Waals surface area contributed by atoms with E-state index < -0.39 is 5.72 Å². The molecule has 20 heavy (non-hydrogen) atoms. The van der Waals surface area contributed by atoms with Crippen molar-refractivity contribution in [1.29, 1.82) is 0 Å². The van der Waals surface area contributed by atoms with Crippen LogP contribution in [0.15, 0.2) is 54.6 Å². The highest BCUT2D eigenvalue weighted by Crippen LogP contribution is 2.44. The van der Waals surface area contributed by atoms with E-state index in [-0.39, 0.29) is 12.1 Å². The first kappa shape index (κ1) is 11.3. The number of carbonyl (C=O) groups excluding carboxylic acids is 1. The fourth-order valence-corrected chi connectivity index (χ4v) is 3.03. The molecule has 0 unspecified atom stereocenters. The van der Waals surface area contributed by atoms with Gasteiger partial charge in [0.2, 0.25) is 5.72 Å². The minimum absolute atomic E-state index is 0.0195. The molecule has 1 fully saturated rings. The zero-order chi connectivity index (χ0) is 13.6. The fraction of sp³-hybridized carbons (Fsp3) is 0.188. The van der Waals surface area contributed by atoms with E-state index in [1.54, 1.807) is 0 Å². The van der Waals surface area contributed by atoms with Gasteiger partial charge in [-0.2, -0.15) is 0 Å². The fourth-order valence-electron chi connectivity index (χ4n) is 3.03. The van der Waals surface area contributed by atoms with Crippen molar-refractivity contribution in [2.45, 2.75) is 18.2 Å². The second-order valence-electron chi connectivity index (χ2n) is 5.19. The largest absolute Gasteiger partial charge is 0.463 e. The van der Waals surface area contributed by atoms with E-state index in [9.17, 15) is 4.79 Å². The van der Waals surface area contributed by atoms with Crippen molar-refractivity contribution < 1.29 is 9.53 Å². The highest BCUT2D eigenvalue weighted by Gasteiger charge is 2.47. The molecule has 100 valence electrons. The molecule has 2 amide bonds. The number of hydrogen-bond donors (Lipinski definition) is 2. The number of amides is 2. The van der Waals surface area contributed by atoms with E-state index in [4.69, 9.17) is 4.74 Å². The topological polar surface area (TPSA) is 50.4 Å². The summed E-state index contributed by atoms with van der Waals surface area (Å²) in [4.78, 5) is 12.0. The molecule has 4 rings (SSSR count). The molecule has 2 atom stereocenters. The van der Waals surface area contributed by atoms with Crippen LogP contribution in [0.3, 0.4) is 0 Å². The standard InChI is InChI=1S/C16H14N2O2/c19-15-17-13-10-16(18-15,11-6-2-1-3-7-11)20-14-9-5-4-8-12(13)14/h1-9,13H,10H2,(H2,17,18,19)/t13-,16-/m0/s1. The van der Waals surface area contributed by atoms with E-state index in [1.165, 1.54) is 0 Å². The maximum Gasteiger partial charge on any atom is 0.318 e. The van der Waals surface area contributed by atoms with Gasteiger partial charge in [-0.05, 0) is 6.07 Å². The van der Waals surface area contributed by atoms with Crippen molar-refractivity contribution in [3.8, 4) is 5.75 Å². The molecule has 2 heterocycles. The Morgan fingerprint density at radius 2 is 1.80 bits per heavy atom. The lowest BCUT2D eigenvalue weighted by atomic mass is 9.86. The van der Waals surface area contributed by atoms with Gasteiger partial charge in [-0.25, -0.2) is 4.79 Å². The molecule has 0 spiro atoms. The average molecular weight is 266 g/mol. The lowest BCUT2D eigenvalue weighted by Gasteiger charge is -2.46. The summed E-state index contributed by atoms with van der Waals surface area (Å²) in [5.74, 6) is 0.820. The molecular formula is C16H14N2O2. The zero-order valence-corrected chi connectivity index (χ0v) is 10.8. The van der Waals surface area contributed by atoms with Gasteiger partial charge in [-0.3, -0.25) is 5.32 Å². The summed E-state index contributed by atoms with van der Waals surface area (Å²) >= 11 is 0. The Labute approximate surface area is 116 Å². The summed E-state index contributed by atoms with van der Waals surface area (Å²) in [7, 11) is 0. The summed E-state index contributed by atoms with van der Waals surface area (Å²) in [6.45, 7) is 0. The van der Waals surface area contributed by atoms with Gasteiger partial charge >= 0.3 is 6.03 Å². The summed E-state index contributed by atoms with van der Waals surface area (Å²) in [6, 6.07) is 17.5. The third-order valence-electron chi connectivity index (χ3n) is 3.93. The van der Waals surface area contributed by atoms with Crippen LogP contribution < -0.4 is 15.4 Å². The summed E-state index contributed by atoms with van der Waals surface area (Å²) < 4.78 is 6.17. The van der Waals surface area contributed by atoms with Gasteiger partial charge in [0.15, 0.2) is 0 Å². The van der Waals surface area contributed by atoms with Crippen LogP contribution in [0.4, 0.5) is 4.79 Å². The lowest BCUT2D eigenvalue weighted by Crippen LogP contribution is -2.62. The van der Waals surface area contributed by atoms with Crippen molar-refractivity contribution in [3.05, 3.63) is 65.7 Å². The second kappa shape index (κ2) is 4.00. The molecule has 2 aliphatic heterocycles. The number of nitrogens with one attached hydrogen (secondary N) is 2. The highest BCUT2D eigenvalue weighted by molar-refractivity contribution is 5.77. The number of fused-ring (bicyclic) bond motifs is 4. The maximum absolute atomic E-state index is 12.0. The van der Waals surface area contributed by atoms with Crippen LogP contribution in [-0.4, -0.2) is 6.03 Å². The SMILES string of the molecule is O=C1N[C@H]2C[C@](c3ccccc3)(N1)Oc1ccccc12. The van der Waals surface area contributed by atoms with Crippen molar-refractivity contribution >= 4 is 6.03 Å². The third kappa shape index (κ3) is 1.58. The Morgan fingerprint density at radius 3 is 2.65 bits per heavy atom. The van der Waals surface area contributed by atoms with Gasteiger partial charge < -0.3 is 10.1 Å². The Morgan fingerprint density at radius 1 is 1.05 bits per heavy atom. The van der Waals surface area contributed by atoms with E-state index in [1.807, 2.05) is 54.6 Å². The molecule has 2 bridgehead atoms. The molecule has 2 aromatic carbocycles.